The molecule has 0 aliphatic rings. The number of anilines is 1. The van der Waals surface area contributed by atoms with Crippen molar-refractivity contribution < 1.29 is 22.7 Å². The Balaban J connectivity index is 1.90. The van der Waals surface area contributed by atoms with Crippen LogP contribution in [0.25, 0.3) is 11.3 Å². The molecule has 3 aromatic rings. The van der Waals surface area contributed by atoms with Crippen LogP contribution < -0.4 is 15.8 Å². The highest BCUT2D eigenvalue weighted by atomic mass is 79.9. The summed E-state index contributed by atoms with van der Waals surface area (Å²) < 4.78 is 46.6. The highest BCUT2D eigenvalue weighted by Gasteiger charge is 2.30. The van der Waals surface area contributed by atoms with Crippen molar-refractivity contribution in [3.05, 3.63) is 64.3 Å². The number of aromatic nitrogens is 2. The third-order valence-corrected chi connectivity index (χ3v) is 5.04. The number of carbonyl (C=O) groups is 1. The number of hydrogen-bond donors (Lipinski definition) is 2. The summed E-state index contributed by atoms with van der Waals surface area (Å²) in [6.45, 7) is 3.93. The van der Waals surface area contributed by atoms with Crippen LogP contribution in [0.2, 0.25) is 0 Å². The second-order valence-corrected chi connectivity index (χ2v) is 8.84. The number of alkyl halides is 3. The highest BCUT2D eigenvalue weighted by Crippen LogP contribution is 2.37. The Morgan fingerprint density at radius 2 is 1.84 bits per heavy atom. The fourth-order valence-electron chi connectivity index (χ4n) is 2.91. The van der Waals surface area contributed by atoms with Gasteiger partial charge in [0.1, 0.15) is 12.4 Å². The van der Waals surface area contributed by atoms with Gasteiger partial charge in [-0.15, -0.1) is 0 Å². The fraction of sp³-hybridized carbons (Fsp3) is 0.273. The molecule has 0 atom stereocenters. The maximum Gasteiger partial charge on any atom is 0.416 e. The normalized spacial score (nSPS) is 12.0. The van der Waals surface area contributed by atoms with Gasteiger partial charge < -0.3 is 15.8 Å². The number of carbonyl (C=O) groups excluding carboxylic acids is 1. The molecule has 10 heteroatoms. The summed E-state index contributed by atoms with van der Waals surface area (Å²) in [6, 6.07) is 9.08. The van der Waals surface area contributed by atoms with Crippen molar-refractivity contribution in [1.29, 1.82) is 0 Å². The molecule has 0 aliphatic heterocycles. The number of ether oxygens (including phenoxy) is 1. The van der Waals surface area contributed by atoms with E-state index in [1.54, 1.807) is 36.1 Å². The minimum atomic E-state index is -4.46. The number of benzene rings is 2. The predicted octanol–water partition coefficient (Wildman–Crippen LogP) is 5.24. The molecule has 170 valence electrons. The van der Waals surface area contributed by atoms with Crippen LogP contribution in [-0.4, -0.2) is 27.8 Å². The molecule has 1 aromatic heterocycles. The van der Waals surface area contributed by atoms with Crippen LogP contribution in [0.5, 0.6) is 5.75 Å². The number of nitrogens with one attached hydrogen (secondary N) is 1. The molecule has 0 bridgehead atoms. The van der Waals surface area contributed by atoms with E-state index >= 15 is 0 Å². The van der Waals surface area contributed by atoms with Gasteiger partial charge in [-0.1, -0.05) is 0 Å². The number of amides is 1. The minimum Gasteiger partial charge on any atom is -0.491 e. The SMILES string of the molecule is Cn1ncc(Br)c1-c1cc(NC(=O)c2ccc(C(F)(F)F)cc2)ccc1OCC(C)(C)N. The molecule has 0 spiro atoms. The summed E-state index contributed by atoms with van der Waals surface area (Å²) >= 11 is 3.47. The first kappa shape index (κ1) is 23.8. The molecule has 1 heterocycles. The van der Waals surface area contributed by atoms with Gasteiger partial charge in [-0.05, 0) is 72.2 Å². The van der Waals surface area contributed by atoms with Gasteiger partial charge in [0, 0.05) is 29.4 Å². The van der Waals surface area contributed by atoms with Crippen molar-refractivity contribution in [2.75, 3.05) is 11.9 Å². The molecule has 3 N–H and O–H groups in total. The van der Waals surface area contributed by atoms with E-state index < -0.39 is 23.2 Å². The standard InChI is InChI=1S/C22H22BrF3N4O2/c1-21(2,27)12-32-18-9-8-15(10-16(18)19-17(23)11-28-30(19)3)29-20(31)13-4-6-14(7-5-13)22(24,25)26/h4-11H,12,27H2,1-3H3,(H,29,31). The Bertz CT molecular complexity index is 1100. The Kier molecular flexibility index (Phi) is 6.66. The van der Waals surface area contributed by atoms with Crippen LogP contribution in [-0.2, 0) is 13.2 Å². The largest absolute Gasteiger partial charge is 0.491 e. The van der Waals surface area contributed by atoms with Gasteiger partial charge in [0.2, 0.25) is 0 Å². The summed E-state index contributed by atoms with van der Waals surface area (Å²) in [5.74, 6) is 0.00543. The average Bonchev–Trinajstić information content (AvgIpc) is 3.03. The smallest absolute Gasteiger partial charge is 0.416 e. The number of hydrogen-bond acceptors (Lipinski definition) is 4. The van der Waals surface area contributed by atoms with Gasteiger partial charge in [0.25, 0.3) is 5.91 Å². The number of rotatable bonds is 6. The summed E-state index contributed by atoms with van der Waals surface area (Å²) in [6.07, 6.45) is -2.83. The lowest BCUT2D eigenvalue weighted by atomic mass is 10.1. The monoisotopic (exact) mass is 510 g/mol. The summed E-state index contributed by atoms with van der Waals surface area (Å²) in [5.41, 5.74) is 6.58. The highest BCUT2D eigenvalue weighted by molar-refractivity contribution is 9.10. The van der Waals surface area contributed by atoms with E-state index in [1.165, 1.54) is 0 Å². The predicted molar refractivity (Wildman–Crippen MR) is 120 cm³/mol. The quantitative estimate of drug-likeness (QED) is 0.475. The van der Waals surface area contributed by atoms with Crippen LogP contribution in [0.3, 0.4) is 0 Å². The van der Waals surface area contributed by atoms with Crippen molar-refractivity contribution in [2.45, 2.75) is 25.6 Å². The molecular weight excluding hydrogens is 489 g/mol. The molecule has 0 saturated heterocycles. The van der Waals surface area contributed by atoms with Gasteiger partial charge in [0.05, 0.1) is 21.9 Å². The summed E-state index contributed by atoms with van der Waals surface area (Å²) in [7, 11) is 1.77. The van der Waals surface area contributed by atoms with E-state index in [0.717, 1.165) is 34.4 Å². The van der Waals surface area contributed by atoms with Crippen molar-refractivity contribution in [3.8, 4) is 17.0 Å². The van der Waals surface area contributed by atoms with Crippen molar-refractivity contribution in [3.63, 3.8) is 0 Å². The number of aryl methyl sites for hydroxylation is 1. The van der Waals surface area contributed by atoms with Gasteiger partial charge in [0.15, 0.2) is 0 Å². The summed E-state index contributed by atoms with van der Waals surface area (Å²) in [5, 5.41) is 6.93. The number of nitrogens with two attached hydrogens (primary N) is 1. The zero-order valence-corrected chi connectivity index (χ0v) is 19.2. The zero-order valence-electron chi connectivity index (χ0n) is 17.6. The zero-order chi connectivity index (χ0) is 23.7. The van der Waals surface area contributed by atoms with Crippen molar-refractivity contribution >= 4 is 27.5 Å². The van der Waals surface area contributed by atoms with Crippen LogP contribution in [0, 0.1) is 0 Å². The third kappa shape index (κ3) is 5.68. The number of halogens is 4. The first-order valence-electron chi connectivity index (χ1n) is 9.57. The molecule has 0 fully saturated rings. The maximum atomic E-state index is 12.8. The van der Waals surface area contributed by atoms with Gasteiger partial charge >= 0.3 is 6.18 Å². The molecule has 0 aliphatic carbocycles. The second-order valence-electron chi connectivity index (χ2n) is 7.98. The molecule has 1 amide bonds. The van der Waals surface area contributed by atoms with Crippen molar-refractivity contribution in [1.82, 2.24) is 9.78 Å². The first-order chi connectivity index (χ1) is 14.8. The van der Waals surface area contributed by atoms with Crippen LogP contribution in [0.4, 0.5) is 18.9 Å². The topological polar surface area (TPSA) is 82.2 Å². The van der Waals surface area contributed by atoms with Crippen LogP contribution >= 0.6 is 15.9 Å². The molecule has 3 rings (SSSR count). The van der Waals surface area contributed by atoms with Crippen LogP contribution in [0.1, 0.15) is 29.8 Å². The van der Waals surface area contributed by atoms with E-state index in [0.29, 0.717) is 17.0 Å². The number of nitrogens with zero attached hydrogens (tertiary/aromatic N) is 2. The molecule has 32 heavy (non-hydrogen) atoms. The molecular formula is C22H22BrF3N4O2. The lowest BCUT2D eigenvalue weighted by Crippen LogP contribution is -2.38. The molecule has 6 nitrogen and oxygen atoms in total. The average molecular weight is 511 g/mol. The third-order valence-electron chi connectivity index (χ3n) is 4.46. The molecule has 0 radical (unpaired) electrons. The molecule has 0 unspecified atom stereocenters. The maximum absolute atomic E-state index is 12.8. The molecule has 0 saturated carbocycles. The van der Waals surface area contributed by atoms with Crippen molar-refractivity contribution in [2.24, 2.45) is 12.8 Å². The first-order valence-corrected chi connectivity index (χ1v) is 10.4. The van der Waals surface area contributed by atoms with E-state index in [2.05, 4.69) is 26.3 Å². The van der Waals surface area contributed by atoms with E-state index in [9.17, 15) is 18.0 Å². The Hall–Kier alpha value is -2.85. The second kappa shape index (κ2) is 8.95. The van der Waals surface area contributed by atoms with Gasteiger partial charge in [-0.25, -0.2) is 0 Å². The minimum absolute atomic E-state index is 0.103. The van der Waals surface area contributed by atoms with E-state index in [1.807, 2.05) is 13.8 Å². The van der Waals surface area contributed by atoms with Gasteiger partial charge in [-0.3, -0.25) is 9.48 Å². The molecule has 2 aromatic carbocycles. The lowest BCUT2D eigenvalue weighted by Gasteiger charge is -2.21. The Morgan fingerprint density at radius 1 is 1.19 bits per heavy atom. The fourth-order valence-corrected chi connectivity index (χ4v) is 3.47. The lowest BCUT2D eigenvalue weighted by molar-refractivity contribution is -0.137. The Labute approximate surface area is 191 Å². The van der Waals surface area contributed by atoms with E-state index in [-0.39, 0.29) is 12.2 Å². The Morgan fingerprint density at radius 3 is 2.38 bits per heavy atom. The van der Waals surface area contributed by atoms with E-state index in [4.69, 9.17) is 10.5 Å². The van der Waals surface area contributed by atoms with Crippen LogP contribution in [0.15, 0.2) is 53.1 Å². The summed E-state index contributed by atoms with van der Waals surface area (Å²) in [4.78, 5) is 12.6. The van der Waals surface area contributed by atoms with Gasteiger partial charge in [-0.2, -0.15) is 18.3 Å².